The molecule has 0 fully saturated rings. The number of benzene rings is 2. The van der Waals surface area contributed by atoms with Gasteiger partial charge in [-0.25, -0.2) is 0 Å². The van der Waals surface area contributed by atoms with Gasteiger partial charge in [-0.3, -0.25) is 0 Å². The lowest BCUT2D eigenvalue weighted by Crippen LogP contribution is -2.25. The summed E-state index contributed by atoms with van der Waals surface area (Å²) in [5.74, 6) is 0.936. The van der Waals surface area contributed by atoms with Gasteiger partial charge in [0.1, 0.15) is 5.75 Å². The molecule has 0 aliphatic carbocycles. The van der Waals surface area contributed by atoms with Gasteiger partial charge in [-0.2, -0.15) is 5.26 Å². The van der Waals surface area contributed by atoms with Gasteiger partial charge in [0.05, 0.1) is 18.7 Å². The molecule has 0 aromatic heterocycles. The summed E-state index contributed by atoms with van der Waals surface area (Å²) >= 11 is 0. The molecule has 0 spiro atoms. The molecule has 0 saturated heterocycles. The zero-order valence-electron chi connectivity index (χ0n) is 11.7. The lowest BCUT2D eigenvalue weighted by molar-refractivity contribution is 0.414. The van der Waals surface area contributed by atoms with Crippen molar-refractivity contribution in [1.29, 1.82) is 5.26 Å². The standard InChI is InChI=1S/C17H18N2O/c1-12(19)17(14-5-3-13(11-18)4-6-14)15-7-9-16(20-2)10-8-15/h3-10,12,17H,19H2,1-2H3. The average Bonchev–Trinajstić information content (AvgIpc) is 2.48. The molecule has 2 N–H and O–H groups in total. The van der Waals surface area contributed by atoms with Crippen molar-refractivity contribution in [3.63, 3.8) is 0 Å². The predicted molar refractivity (Wildman–Crippen MR) is 79.6 cm³/mol. The quantitative estimate of drug-likeness (QED) is 0.925. The summed E-state index contributed by atoms with van der Waals surface area (Å²) in [7, 11) is 1.65. The van der Waals surface area contributed by atoms with Crippen molar-refractivity contribution in [2.24, 2.45) is 5.73 Å². The molecule has 0 radical (unpaired) electrons. The molecule has 0 saturated carbocycles. The third-order valence-corrected chi connectivity index (χ3v) is 3.40. The van der Waals surface area contributed by atoms with Crippen LogP contribution >= 0.6 is 0 Å². The topological polar surface area (TPSA) is 59.0 Å². The minimum Gasteiger partial charge on any atom is -0.497 e. The highest BCUT2D eigenvalue weighted by Crippen LogP contribution is 2.28. The van der Waals surface area contributed by atoms with Crippen LogP contribution in [0.5, 0.6) is 5.75 Å². The van der Waals surface area contributed by atoms with E-state index >= 15 is 0 Å². The molecule has 0 bridgehead atoms. The van der Waals surface area contributed by atoms with Crippen LogP contribution in [0.1, 0.15) is 29.5 Å². The SMILES string of the molecule is COc1ccc(C(c2ccc(C#N)cc2)C(C)N)cc1. The van der Waals surface area contributed by atoms with Crippen molar-refractivity contribution in [1.82, 2.24) is 0 Å². The van der Waals surface area contributed by atoms with E-state index in [1.54, 1.807) is 7.11 Å². The highest BCUT2D eigenvalue weighted by molar-refractivity contribution is 5.40. The van der Waals surface area contributed by atoms with Gasteiger partial charge in [0.2, 0.25) is 0 Å². The van der Waals surface area contributed by atoms with Gasteiger partial charge in [-0.15, -0.1) is 0 Å². The van der Waals surface area contributed by atoms with Crippen molar-refractivity contribution in [3.05, 3.63) is 65.2 Å². The molecule has 2 rings (SSSR count). The molecule has 0 aliphatic rings. The maximum atomic E-state index is 8.86. The second kappa shape index (κ2) is 6.23. The first-order valence-electron chi connectivity index (χ1n) is 6.55. The molecule has 0 heterocycles. The van der Waals surface area contributed by atoms with Crippen molar-refractivity contribution in [2.45, 2.75) is 18.9 Å². The van der Waals surface area contributed by atoms with Crippen LogP contribution in [-0.2, 0) is 0 Å². The molecule has 2 unspecified atom stereocenters. The third-order valence-electron chi connectivity index (χ3n) is 3.40. The summed E-state index contributed by atoms with van der Waals surface area (Å²) in [6.45, 7) is 1.99. The van der Waals surface area contributed by atoms with Gasteiger partial charge in [0.15, 0.2) is 0 Å². The first-order valence-corrected chi connectivity index (χ1v) is 6.55. The summed E-state index contributed by atoms with van der Waals surface area (Å²) in [4.78, 5) is 0. The van der Waals surface area contributed by atoms with E-state index in [0.29, 0.717) is 5.56 Å². The van der Waals surface area contributed by atoms with E-state index in [2.05, 4.69) is 6.07 Å². The number of methoxy groups -OCH3 is 1. The van der Waals surface area contributed by atoms with Crippen LogP contribution in [-0.4, -0.2) is 13.2 Å². The molecular weight excluding hydrogens is 248 g/mol. The lowest BCUT2D eigenvalue weighted by atomic mass is 9.86. The summed E-state index contributed by atoms with van der Waals surface area (Å²) in [5, 5.41) is 8.86. The van der Waals surface area contributed by atoms with E-state index in [-0.39, 0.29) is 12.0 Å². The smallest absolute Gasteiger partial charge is 0.118 e. The molecule has 102 valence electrons. The van der Waals surface area contributed by atoms with Crippen LogP contribution in [0, 0.1) is 11.3 Å². The normalized spacial score (nSPS) is 13.3. The van der Waals surface area contributed by atoms with E-state index in [9.17, 15) is 0 Å². The number of rotatable bonds is 4. The van der Waals surface area contributed by atoms with E-state index in [4.69, 9.17) is 15.7 Å². The molecular formula is C17H18N2O. The first-order chi connectivity index (χ1) is 9.65. The fourth-order valence-corrected chi connectivity index (χ4v) is 2.38. The maximum Gasteiger partial charge on any atom is 0.118 e. The minimum absolute atomic E-state index is 0.0173. The second-order valence-corrected chi connectivity index (χ2v) is 4.84. The Balaban J connectivity index is 2.36. The van der Waals surface area contributed by atoms with E-state index in [0.717, 1.165) is 16.9 Å². The first kappa shape index (κ1) is 14.1. The highest BCUT2D eigenvalue weighted by Gasteiger charge is 2.18. The summed E-state index contributed by atoms with van der Waals surface area (Å²) < 4.78 is 5.18. The van der Waals surface area contributed by atoms with Crippen molar-refractivity contribution >= 4 is 0 Å². The molecule has 2 aromatic rings. The summed E-state index contributed by atoms with van der Waals surface area (Å²) in [5.41, 5.74) is 9.06. The zero-order chi connectivity index (χ0) is 14.5. The monoisotopic (exact) mass is 266 g/mol. The maximum absolute atomic E-state index is 8.86. The molecule has 2 aromatic carbocycles. The summed E-state index contributed by atoms with van der Waals surface area (Å²) in [6, 6.07) is 17.6. The highest BCUT2D eigenvalue weighted by atomic mass is 16.5. The van der Waals surface area contributed by atoms with Crippen molar-refractivity contribution in [3.8, 4) is 11.8 Å². The molecule has 2 atom stereocenters. The van der Waals surface area contributed by atoms with Crippen LogP contribution in [0.2, 0.25) is 0 Å². The van der Waals surface area contributed by atoms with Crippen LogP contribution in [0.4, 0.5) is 0 Å². The Morgan fingerprint density at radius 3 is 1.90 bits per heavy atom. The number of nitrogens with two attached hydrogens (primary N) is 1. The Morgan fingerprint density at radius 2 is 1.50 bits per heavy atom. The third kappa shape index (κ3) is 2.98. The zero-order valence-corrected chi connectivity index (χ0v) is 11.7. The van der Waals surface area contributed by atoms with E-state index in [1.807, 2.05) is 55.5 Å². The second-order valence-electron chi connectivity index (χ2n) is 4.84. The number of nitrogens with zero attached hydrogens (tertiary/aromatic N) is 1. The fourth-order valence-electron chi connectivity index (χ4n) is 2.38. The number of hydrogen-bond donors (Lipinski definition) is 1. The molecule has 3 heteroatoms. The Bertz CT molecular complexity index is 594. The van der Waals surface area contributed by atoms with Gasteiger partial charge in [-0.05, 0) is 42.3 Å². The van der Waals surface area contributed by atoms with Gasteiger partial charge in [0, 0.05) is 12.0 Å². The molecule has 0 aliphatic heterocycles. The predicted octanol–water partition coefficient (Wildman–Crippen LogP) is 3.05. The molecule has 0 amide bonds. The number of nitriles is 1. The van der Waals surface area contributed by atoms with Gasteiger partial charge >= 0.3 is 0 Å². The number of ether oxygens (including phenoxy) is 1. The fraction of sp³-hybridized carbons (Fsp3) is 0.235. The van der Waals surface area contributed by atoms with Crippen molar-refractivity contribution < 1.29 is 4.74 Å². The molecule has 3 nitrogen and oxygen atoms in total. The van der Waals surface area contributed by atoms with Crippen LogP contribution in [0.25, 0.3) is 0 Å². The van der Waals surface area contributed by atoms with Crippen LogP contribution < -0.4 is 10.5 Å². The van der Waals surface area contributed by atoms with Crippen LogP contribution in [0.15, 0.2) is 48.5 Å². The lowest BCUT2D eigenvalue weighted by Gasteiger charge is -2.22. The van der Waals surface area contributed by atoms with Crippen LogP contribution in [0.3, 0.4) is 0 Å². The minimum atomic E-state index is -0.0173. The Labute approximate surface area is 119 Å². The van der Waals surface area contributed by atoms with E-state index in [1.165, 1.54) is 0 Å². The average molecular weight is 266 g/mol. The Morgan fingerprint density at radius 1 is 1.00 bits per heavy atom. The largest absolute Gasteiger partial charge is 0.497 e. The summed E-state index contributed by atoms with van der Waals surface area (Å²) in [6.07, 6.45) is 0. The van der Waals surface area contributed by atoms with Gasteiger partial charge in [-0.1, -0.05) is 24.3 Å². The number of hydrogen-bond acceptors (Lipinski definition) is 3. The van der Waals surface area contributed by atoms with Gasteiger partial charge in [0.25, 0.3) is 0 Å². The van der Waals surface area contributed by atoms with Crippen molar-refractivity contribution in [2.75, 3.05) is 7.11 Å². The Kier molecular flexibility index (Phi) is 4.39. The van der Waals surface area contributed by atoms with Gasteiger partial charge < -0.3 is 10.5 Å². The Hall–Kier alpha value is -2.31. The molecule has 20 heavy (non-hydrogen) atoms. The van der Waals surface area contributed by atoms with E-state index < -0.39 is 0 Å².